The molecular formula is C20H13F3O2. The Hall–Kier alpha value is -3.08. The SMILES string of the molecule is O=Cc1cc(C(F)(F)F)ccc1-c1ccc(Oc2ccccc2)cc1. The second-order valence-electron chi connectivity index (χ2n) is 5.36. The summed E-state index contributed by atoms with van der Waals surface area (Å²) >= 11 is 0. The zero-order chi connectivity index (χ0) is 17.9. The summed E-state index contributed by atoms with van der Waals surface area (Å²) < 4.78 is 44.0. The predicted octanol–water partition coefficient (Wildman–Crippen LogP) is 5.98. The van der Waals surface area contributed by atoms with Crippen LogP contribution < -0.4 is 4.74 Å². The number of hydrogen-bond acceptors (Lipinski definition) is 2. The number of alkyl halides is 3. The highest BCUT2D eigenvalue weighted by molar-refractivity contribution is 5.88. The zero-order valence-corrected chi connectivity index (χ0v) is 13.0. The molecule has 3 aromatic rings. The van der Waals surface area contributed by atoms with E-state index in [9.17, 15) is 18.0 Å². The summed E-state index contributed by atoms with van der Waals surface area (Å²) in [5.41, 5.74) is 0.222. The molecule has 0 aliphatic rings. The normalized spacial score (nSPS) is 11.2. The molecule has 0 atom stereocenters. The lowest BCUT2D eigenvalue weighted by Crippen LogP contribution is -2.05. The van der Waals surface area contributed by atoms with Crippen LogP contribution in [0.2, 0.25) is 0 Å². The van der Waals surface area contributed by atoms with Gasteiger partial charge in [0.15, 0.2) is 6.29 Å². The van der Waals surface area contributed by atoms with E-state index in [4.69, 9.17) is 4.74 Å². The summed E-state index contributed by atoms with van der Waals surface area (Å²) in [5, 5.41) is 0. The lowest BCUT2D eigenvalue weighted by molar-refractivity contribution is -0.137. The van der Waals surface area contributed by atoms with E-state index in [2.05, 4.69) is 0 Å². The van der Waals surface area contributed by atoms with Crippen molar-refractivity contribution in [3.8, 4) is 22.6 Å². The van der Waals surface area contributed by atoms with Crippen molar-refractivity contribution >= 4 is 6.29 Å². The van der Waals surface area contributed by atoms with E-state index in [-0.39, 0.29) is 5.56 Å². The third-order valence-corrected chi connectivity index (χ3v) is 3.65. The molecule has 0 fully saturated rings. The molecular weight excluding hydrogens is 329 g/mol. The molecule has 0 saturated carbocycles. The van der Waals surface area contributed by atoms with Crippen LogP contribution in [0.3, 0.4) is 0 Å². The molecule has 0 aliphatic carbocycles. The monoisotopic (exact) mass is 342 g/mol. The maximum Gasteiger partial charge on any atom is 0.416 e. The molecule has 0 unspecified atom stereocenters. The Morgan fingerprint density at radius 2 is 1.44 bits per heavy atom. The lowest BCUT2D eigenvalue weighted by atomic mass is 9.98. The van der Waals surface area contributed by atoms with Crippen LogP contribution in [0.15, 0.2) is 72.8 Å². The average molecular weight is 342 g/mol. The van der Waals surface area contributed by atoms with Gasteiger partial charge in [-0.15, -0.1) is 0 Å². The maximum atomic E-state index is 12.8. The second kappa shape index (κ2) is 6.81. The minimum Gasteiger partial charge on any atom is -0.457 e. The largest absolute Gasteiger partial charge is 0.457 e. The summed E-state index contributed by atoms with van der Waals surface area (Å²) in [5.74, 6) is 1.27. The summed E-state index contributed by atoms with van der Waals surface area (Å²) in [7, 11) is 0. The van der Waals surface area contributed by atoms with E-state index in [1.165, 1.54) is 6.07 Å². The molecule has 0 amide bonds. The van der Waals surface area contributed by atoms with Crippen molar-refractivity contribution in [2.24, 2.45) is 0 Å². The van der Waals surface area contributed by atoms with E-state index in [1.807, 2.05) is 30.3 Å². The Balaban J connectivity index is 1.88. The number of halogens is 3. The van der Waals surface area contributed by atoms with E-state index >= 15 is 0 Å². The lowest BCUT2D eigenvalue weighted by Gasteiger charge is -2.11. The highest BCUT2D eigenvalue weighted by Gasteiger charge is 2.31. The molecule has 0 aliphatic heterocycles. The molecule has 126 valence electrons. The molecule has 0 bridgehead atoms. The number of benzene rings is 3. The number of rotatable bonds is 4. The van der Waals surface area contributed by atoms with Crippen LogP contribution in [-0.2, 0) is 6.18 Å². The minimum atomic E-state index is -4.48. The summed E-state index contributed by atoms with van der Waals surface area (Å²) in [6, 6.07) is 19.1. The van der Waals surface area contributed by atoms with Gasteiger partial charge in [-0.25, -0.2) is 0 Å². The van der Waals surface area contributed by atoms with Gasteiger partial charge in [0.1, 0.15) is 11.5 Å². The fourth-order valence-electron chi connectivity index (χ4n) is 2.43. The Morgan fingerprint density at radius 3 is 2.04 bits per heavy atom. The van der Waals surface area contributed by atoms with Gasteiger partial charge in [-0.05, 0) is 47.5 Å². The van der Waals surface area contributed by atoms with Crippen LogP contribution in [-0.4, -0.2) is 6.29 Å². The number of carbonyl (C=O) groups excluding carboxylic acids is 1. The predicted molar refractivity (Wildman–Crippen MR) is 88.8 cm³/mol. The zero-order valence-electron chi connectivity index (χ0n) is 13.0. The van der Waals surface area contributed by atoms with Crippen molar-refractivity contribution in [3.05, 3.63) is 83.9 Å². The molecule has 3 rings (SSSR count). The van der Waals surface area contributed by atoms with Crippen LogP contribution in [0, 0.1) is 0 Å². The summed E-state index contributed by atoms with van der Waals surface area (Å²) in [6.07, 6.45) is -4.05. The van der Waals surface area contributed by atoms with Crippen LogP contribution in [0.4, 0.5) is 13.2 Å². The van der Waals surface area contributed by atoms with Gasteiger partial charge in [0.2, 0.25) is 0 Å². The number of carbonyl (C=O) groups is 1. The van der Waals surface area contributed by atoms with Crippen molar-refractivity contribution < 1.29 is 22.7 Å². The van der Waals surface area contributed by atoms with Crippen molar-refractivity contribution in [1.82, 2.24) is 0 Å². The van der Waals surface area contributed by atoms with E-state index in [0.29, 0.717) is 28.9 Å². The highest BCUT2D eigenvalue weighted by atomic mass is 19.4. The minimum absolute atomic E-state index is 0.00782. The number of ether oxygens (including phenoxy) is 1. The number of para-hydroxylation sites is 1. The first-order chi connectivity index (χ1) is 12.0. The number of hydrogen-bond donors (Lipinski definition) is 0. The van der Waals surface area contributed by atoms with Crippen molar-refractivity contribution in [1.29, 1.82) is 0 Å². The first-order valence-electron chi connectivity index (χ1n) is 7.47. The van der Waals surface area contributed by atoms with Gasteiger partial charge < -0.3 is 4.74 Å². The average Bonchev–Trinajstić information content (AvgIpc) is 2.62. The Morgan fingerprint density at radius 1 is 0.800 bits per heavy atom. The third kappa shape index (κ3) is 3.88. The number of aldehydes is 1. The van der Waals surface area contributed by atoms with E-state index in [1.54, 1.807) is 24.3 Å². The van der Waals surface area contributed by atoms with Gasteiger partial charge in [-0.3, -0.25) is 4.79 Å². The van der Waals surface area contributed by atoms with Gasteiger partial charge in [0, 0.05) is 5.56 Å². The fourth-order valence-corrected chi connectivity index (χ4v) is 2.43. The highest BCUT2D eigenvalue weighted by Crippen LogP contribution is 2.33. The van der Waals surface area contributed by atoms with Gasteiger partial charge >= 0.3 is 6.18 Å². The van der Waals surface area contributed by atoms with Crippen LogP contribution in [0.25, 0.3) is 11.1 Å². The molecule has 0 radical (unpaired) electrons. The molecule has 2 nitrogen and oxygen atoms in total. The van der Waals surface area contributed by atoms with Crippen LogP contribution in [0.1, 0.15) is 15.9 Å². The molecule has 0 N–H and O–H groups in total. The molecule has 0 heterocycles. The maximum absolute atomic E-state index is 12.8. The van der Waals surface area contributed by atoms with Crippen molar-refractivity contribution in [2.45, 2.75) is 6.18 Å². The summed E-state index contributed by atoms with van der Waals surface area (Å²) in [4.78, 5) is 11.2. The first kappa shape index (κ1) is 16.8. The standard InChI is InChI=1S/C20H13F3O2/c21-20(22,23)16-8-11-19(15(12-16)13-24)14-6-9-18(10-7-14)25-17-4-2-1-3-5-17/h1-13H. The third-order valence-electron chi connectivity index (χ3n) is 3.65. The van der Waals surface area contributed by atoms with Gasteiger partial charge in [0.25, 0.3) is 0 Å². The van der Waals surface area contributed by atoms with Crippen LogP contribution >= 0.6 is 0 Å². The molecule has 3 aromatic carbocycles. The van der Waals surface area contributed by atoms with Crippen molar-refractivity contribution in [3.63, 3.8) is 0 Å². The Labute approximate surface area is 142 Å². The first-order valence-corrected chi connectivity index (χ1v) is 7.47. The van der Waals surface area contributed by atoms with Crippen LogP contribution in [0.5, 0.6) is 11.5 Å². The van der Waals surface area contributed by atoms with Crippen molar-refractivity contribution in [2.75, 3.05) is 0 Å². The van der Waals surface area contributed by atoms with Gasteiger partial charge in [0.05, 0.1) is 5.56 Å². The Bertz CT molecular complexity index is 870. The van der Waals surface area contributed by atoms with E-state index in [0.717, 1.165) is 12.1 Å². The quantitative estimate of drug-likeness (QED) is 0.545. The van der Waals surface area contributed by atoms with Gasteiger partial charge in [-0.2, -0.15) is 13.2 Å². The summed E-state index contributed by atoms with van der Waals surface area (Å²) in [6.45, 7) is 0. The molecule has 25 heavy (non-hydrogen) atoms. The molecule has 0 spiro atoms. The second-order valence-corrected chi connectivity index (χ2v) is 5.36. The Kier molecular flexibility index (Phi) is 4.57. The molecule has 0 saturated heterocycles. The smallest absolute Gasteiger partial charge is 0.416 e. The van der Waals surface area contributed by atoms with E-state index < -0.39 is 11.7 Å². The van der Waals surface area contributed by atoms with Gasteiger partial charge in [-0.1, -0.05) is 36.4 Å². The fraction of sp³-hybridized carbons (Fsp3) is 0.0500. The molecule has 5 heteroatoms. The topological polar surface area (TPSA) is 26.3 Å². The molecule has 0 aromatic heterocycles.